The number of hydrogen-bond acceptors (Lipinski definition) is 4. The number of amides is 1. The summed E-state index contributed by atoms with van der Waals surface area (Å²) >= 11 is 11.8. The number of methoxy groups -OCH3 is 1. The Hall–Kier alpha value is -2.50. The third-order valence-corrected chi connectivity index (χ3v) is 3.93. The Morgan fingerprint density at radius 3 is 2.42 bits per heavy atom. The Labute approximate surface area is 161 Å². The fraction of sp³-hybridized carbons (Fsp3) is 0.158. The minimum Gasteiger partial charge on any atom is -0.497 e. The summed E-state index contributed by atoms with van der Waals surface area (Å²) in [4.78, 5) is 24.0. The molecule has 1 amide bonds. The van der Waals surface area contributed by atoms with Gasteiger partial charge >= 0.3 is 5.97 Å². The van der Waals surface area contributed by atoms with Crippen LogP contribution in [-0.2, 0) is 14.3 Å². The molecule has 26 heavy (non-hydrogen) atoms. The van der Waals surface area contributed by atoms with Crippen LogP contribution in [0.1, 0.15) is 12.5 Å². The predicted molar refractivity (Wildman–Crippen MR) is 103 cm³/mol. The molecule has 0 aliphatic carbocycles. The van der Waals surface area contributed by atoms with Crippen molar-refractivity contribution in [1.29, 1.82) is 0 Å². The minimum atomic E-state index is -0.991. The second-order valence-electron chi connectivity index (χ2n) is 5.30. The maximum Gasteiger partial charge on any atom is 0.331 e. The van der Waals surface area contributed by atoms with E-state index in [2.05, 4.69) is 5.32 Å². The average Bonchev–Trinajstić information content (AvgIpc) is 2.62. The van der Waals surface area contributed by atoms with E-state index in [4.69, 9.17) is 32.7 Å². The van der Waals surface area contributed by atoms with Crippen LogP contribution in [0.5, 0.6) is 5.75 Å². The van der Waals surface area contributed by atoms with Crippen LogP contribution < -0.4 is 10.1 Å². The lowest BCUT2D eigenvalue weighted by Crippen LogP contribution is -2.29. The van der Waals surface area contributed by atoms with Crippen molar-refractivity contribution in [1.82, 2.24) is 0 Å². The van der Waals surface area contributed by atoms with Crippen LogP contribution in [0.2, 0.25) is 10.0 Å². The fourth-order valence-electron chi connectivity index (χ4n) is 1.97. The smallest absolute Gasteiger partial charge is 0.331 e. The fourth-order valence-corrected chi connectivity index (χ4v) is 2.43. The highest BCUT2D eigenvalue weighted by molar-refractivity contribution is 6.36. The van der Waals surface area contributed by atoms with Crippen molar-refractivity contribution in [3.05, 3.63) is 64.1 Å². The molecule has 136 valence electrons. The van der Waals surface area contributed by atoms with Gasteiger partial charge in [0.05, 0.1) is 17.8 Å². The van der Waals surface area contributed by atoms with Crippen molar-refractivity contribution in [3.8, 4) is 5.75 Å². The first-order valence-corrected chi connectivity index (χ1v) is 8.43. The third-order valence-electron chi connectivity index (χ3n) is 3.38. The first-order chi connectivity index (χ1) is 12.4. The van der Waals surface area contributed by atoms with E-state index in [1.54, 1.807) is 49.6 Å². The summed E-state index contributed by atoms with van der Waals surface area (Å²) in [6, 6.07) is 11.8. The Morgan fingerprint density at radius 2 is 1.81 bits per heavy atom. The third kappa shape index (κ3) is 5.79. The molecule has 0 aromatic heterocycles. The Kier molecular flexibility index (Phi) is 7.06. The summed E-state index contributed by atoms with van der Waals surface area (Å²) in [6.45, 7) is 1.47. The van der Waals surface area contributed by atoms with Gasteiger partial charge in [0, 0.05) is 11.1 Å². The summed E-state index contributed by atoms with van der Waals surface area (Å²) < 4.78 is 10.1. The van der Waals surface area contributed by atoms with Gasteiger partial charge in [-0.3, -0.25) is 4.79 Å². The maximum atomic E-state index is 12.1. The van der Waals surface area contributed by atoms with E-state index in [0.29, 0.717) is 15.7 Å². The van der Waals surface area contributed by atoms with E-state index in [9.17, 15) is 9.59 Å². The van der Waals surface area contributed by atoms with Crippen LogP contribution in [0.15, 0.2) is 48.5 Å². The van der Waals surface area contributed by atoms with Crippen LogP contribution in [0.25, 0.3) is 6.08 Å². The first kappa shape index (κ1) is 19.8. The molecule has 5 nitrogen and oxygen atoms in total. The van der Waals surface area contributed by atoms with Crippen LogP contribution in [-0.4, -0.2) is 25.1 Å². The molecule has 0 unspecified atom stereocenters. The van der Waals surface area contributed by atoms with Crippen LogP contribution >= 0.6 is 23.2 Å². The molecule has 0 radical (unpaired) electrons. The summed E-state index contributed by atoms with van der Waals surface area (Å²) in [5, 5.41) is 3.33. The molecular formula is C19H17Cl2NO4. The molecule has 1 N–H and O–H groups in total. The number of carbonyl (C=O) groups excluding carboxylic acids is 2. The summed E-state index contributed by atoms with van der Waals surface area (Å²) in [6.07, 6.45) is 1.85. The number of hydrogen-bond donors (Lipinski definition) is 1. The van der Waals surface area contributed by atoms with Crippen molar-refractivity contribution in [2.75, 3.05) is 12.4 Å². The molecule has 0 saturated heterocycles. The lowest BCUT2D eigenvalue weighted by Gasteiger charge is -2.13. The largest absolute Gasteiger partial charge is 0.497 e. The van der Waals surface area contributed by atoms with Crippen LogP contribution in [0, 0.1) is 0 Å². The first-order valence-electron chi connectivity index (χ1n) is 7.67. The summed E-state index contributed by atoms with van der Waals surface area (Å²) in [5.74, 6) is -0.415. The normalized spacial score (nSPS) is 11.8. The van der Waals surface area contributed by atoms with Crippen LogP contribution in [0.3, 0.4) is 0 Å². The molecular weight excluding hydrogens is 377 g/mol. The Morgan fingerprint density at radius 1 is 1.12 bits per heavy atom. The number of benzene rings is 2. The molecule has 1 atom stereocenters. The lowest BCUT2D eigenvalue weighted by molar-refractivity contribution is -0.148. The molecule has 2 aromatic carbocycles. The van der Waals surface area contributed by atoms with Crippen LogP contribution in [0.4, 0.5) is 5.69 Å². The monoisotopic (exact) mass is 393 g/mol. The van der Waals surface area contributed by atoms with E-state index < -0.39 is 18.0 Å². The van der Waals surface area contributed by atoms with Crippen molar-refractivity contribution < 1.29 is 19.1 Å². The standard InChI is InChI=1S/C19H17Cl2NO4/c1-12(19(24)22-17-9-6-14(20)11-16(17)21)26-18(23)10-5-13-3-7-15(25-2)8-4-13/h3-12H,1-2H3,(H,22,24)/b10-5+/t12-/m1/s1. The molecule has 7 heteroatoms. The van der Waals surface area contributed by atoms with Gasteiger partial charge in [-0.05, 0) is 48.9 Å². The predicted octanol–water partition coefficient (Wildman–Crippen LogP) is 4.59. The Bertz CT molecular complexity index is 819. The topological polar surface area (TPSA) is 64.6 Å². The molecule has 2 aromatic rings. The highest BCUT2D eigenvalue weighted by Crippen LogP contribution is 2.25. The van der Waals surface area contributed by atoms with Crippen molar-refractivity contribution in [2.24, 2.45) is 0 Å². The summed E-state index contributed by atoms with van der Waals surface area (Å²) in [7, 11) is 1.58. The van der Waals surface area contributed by atoms with Gasteiger partial charge in [-0.25, -0.2) is 4.79 Å². The van der Waals surface area contributed by atoms with E-state index in [1.807, 2.05) is 0 Å². The van der Waals surface area contributed by atoms with Gasteiger partial charge in [-0.1, -0.05) is 35.3 Å². The van der Waals surface area contributed by atoms with Gasteiger partial charge in [0.15, 0.2) is 6.10 Å². The number of nitrogens with one attached hydrogen (secondary N) is 1. The van der Waals surface area contributed by atoms with Gasteiger partial charge in [0.25, 0.3) is 5.91 Å². The Balaban J connectivity index is 1.90. The molecule has 0 bridgehead atoms. The van der Waals surface area contributed by atoms with Gasteiger partial charge in [-0.15, -0.1) is 0 Å². The second kappa shape index (κ2) is 9.27. The number of ether oxygens (including phenoxy) is 2. The number of carbonyl (C=O) groups is 2. The minimum absolute atomic E-state index is 0.295. The molecule has 0 spiro atoms. The number of anilines is 1. The number of rotatable bonds is 6. The molecule has 0 aliphatic heterocycles. The van der Waals surface area contributed by atoms with Gasteiger partial charge in [0.1, 0.15) is 5.75 Å². The van der Waals surface area contributed by atoms with E-state index in [-0.39, 0.29) is 0 Å². The lowest BCUT2D eigenvalue weighted by atomic mass is 10.2. The highest BCUT2D eigenvalue weighted by atomic mass is 35.5. The van der Waals surface area contributed by atoms with Crippen molar-refractivity contribution >= 4 is 46.8 Å². The molecule has 0 aliphatic rings. The zero-order chi connectivity index (χ0) is 19.1. The molecule has 0 saturated carbocycles. The van der Waals surface area contributed by atoms with E-state index >= 15 is 0 Å². The van der Waals surface area contributed by atoms with Gasteiger partial charge in [0.2, 0.25) is 0 Å². The number of esters is 1. The molecule has 0 heterocycles. The maximum absolute atomic E-state index is 12.1. The van der Waals surface area contributed by atoms with E-state index in [1.165, 1.54) is 19.1 Å². The second-order valence-corrected chi connectivity index (χ2v) is 6.14. The quantitative estimate of drug-likeness (QED) is 0.575. The van der Waals surface area contributed by atoms with Crippen molar-refractivity contribution in [2.45, 2.75) is 13.0 Å². The van der Waals surface area contributed by atoms with Crippen molar-refractivity contribution in [3.63, 3.8) is 0 Å². The highest BCUT2D eigenvalue weighted by Gasteiger charge is 2.17. The zero-order valence-corrected chi connectivity index (χ0v) is 15.7. The molecule has 0 fully saturated rings. The average molecular weight is 394 g/mol. The number of halogens is 2. The van der Waals surface area contributed by atoms with E-state index in [0.717, 1.165) is 11.3 Å². The molecule has 2 rings (SSSR count). The van der Waals surface area contributed by atoms with Gasteiger partial charge in [-0.2, -0.15) is 0 Å². The summed E-state index contributed by atoms with van der Waals surface area (Å²) in [5.41, 5.74) is 1.19. The zero-order valence-electron chi connectivity index (χ0n) is 14.2. The van der Waals surface area contributed by atoms with Gasteiger partial charge < -0.3 is 14.8 Å². The SMILES string of the molecule is COc1ccc(/C=C/C(=O)O[C@H](C)C(=O)Nc2ccc(Cl)cc2Cl)cc1.